The van der Waals surface area contributed by atoms with Gasteiger partial charge in [-0.25, -0.2) is 0 Å². The molecule has 0 heteroatoms. The normalized spacial score (nSPS) is 62.0. The third-order valence-electron chi connectivity index (χ3n) is 5.29. The highest BCUT2D eigenvalue weighted by molar-refractivity contribution is 5.22. The maximum Gasteiger partial charge on any atom is -0.0143 e. The minimum absolute atomic E-state index is 0.988. The molecule has 0 radical (unpaired) electrons. The Morgan fingerprint density at radius 3 is 2.31 bits per heavy atom. The van der Waals surface area contributed by atoms with Crippen LogP contribution in [0.1, 0.15) is 32.1 Å². The summed E-state index contributed by atoms with van der Waals surface area (Å²) >= 11 is 0. The van der Waals surface area contributed by atoms with Crippen molar-refractivity contribution in [3.63, 3.8) is 0 Å². The molecule has 4 aliphatic rings. The van der Waals surface area contributed by atoms with Crippen molar-refractivity contribution in [1.82, 2.24) is 0 Å². The first-order valence-electron chi connectivity index (χ1n) is 6.02. The number of allylic oxidation sites excluding steroid dienone is 1. The lowest BCUT2D eigenvalue weighted by Gasteiger charge is -2.23. The number of rotatable bonds is 1. The van der Waals surface area contributed by atoms with Crippen LogP contribution in [0.15, 0.2) is 12.2 Å². The molecule has 4 fully saturated rings. The summed E-state index contributed by atoms with van der Waals surface area (Å²) in [6.45, 7) is 4.31. The van der Waals surface area contributed by atoms with Gasteiger partial charge in [0, 0.05) is 0 Å². The van der Waals surface area contributed by atoms with Crippen LogP contribution in [-0.4, -0.2) is 0 Å². The fourth-order valence-electron chi connectivity index (χ4n) is 4.54. The van der Waals surface area contributed by atoms with Gasteiger partial charge in [0.1, 0.15) is 0 Å². The Balaban J connectivity index is 1.62. The quantitative estimate of drug-likeness (QED) is 0.535. The number of hydrogen-bond donors (Lipinski definition) is 0. The van der Waals surface area contributed by atoms with E-state index in [1.54, 1.807) is 31.3 Å². The highest BCUT2D eigenvalue weighted by atomic mass is 14.6. The van der Waals surface area contributed by atoms with Gasteiger partial charge in [-0.1, -0.05) is 12.2 Å². The molecule has 0 aromatic heterocycles. The van der Waals surface area contributed by atoms with E-state index in [9.17, 15) is 0 Å². The van der Waals surface area contributed by atoms with Gasteiger partial charge in [-0.2, -0.15) is 0 Å². The van der Waals surface area contributed by atoms with Crippen LogP contribution in [0.4, 0.5) is 0 Å². The van der Waals surface area contributed by atoms with Crippen molar-refractivity contribution in [3.8, 4) is 0 Å². The van der Waals surface area contributed by atoms with E-state index in [2.05, 4.69) is 6.58 Å². The van der Waals surface area contributed by atoms with Gasteiger partial charge >= 0.3 is 0 Å². The molecular formula is C13H18. The molecule has 0 aromatic carbocycles. The van der Waals surface area contributed by atoms with Crippen LogP contribution in [0.25, 0.3) is 0 Å². The molecule has 0 heterocycles. The predicted molar refractivity (Wildman–Crippen MR) is 53.2 cm³/mol. The molecule has 70 valence electrons. The second-order valence-corrected chi connectivity index (χ2v) is 5.95. The van der Waals surface area contributed by atoms with Gasteiger partial charge in [0.25, 0.3) is 0 Å². The van der Waals surface area contributed by atoms with E-state index >= 15 is 0 Å². The van der Waals surface area contributed by atoms with E-state index in [1.165, 1.54) is 6.42 Å². The minimum atomic E-state index is 0.988. The molecule has 4 aliphatic carbocycles. The van der Waals surface area contributed by atoms with Crippen LogP contribution in [0.5, 0.6) is 0 Å². The Bertz CT molecular complexity index is 278. The SMILES string of the molecule is C=C1CC2CC2[C@@H]1C1CCC2CC21. The molecular weight excluding hydrogens is 156 g/mol. The van der Waals surface area contributed by atoms with Gasteiger partial charge in [-0.3, -0.25) is 0 Å². The van der Waals surface area contributed by atoms with Crippen molar-refractivity contribution >= 4 is 0 Å². The van der Waals surface area contributed by atoms with Crippen molar-refractivity contribution in [2.45, 2.75) is 32.1 Å². The van der Waals surface area contributed by atoms with Crippen molar-refractivity contribution in [3.05, 3.63) is 12.2 Å². The average molecular weight is 174 g/mol. The van der Waals surface area contributed by atoms with Crippen molar-refractivity contribution in [2.24, 2.45) is 35.5 Å². The summed E-state index contributed by atoms with van der Waals surface area (Å²) in [6, 6.07) is 0. The van der Waals surface area contributed by atoms with Crippen LogP contribution >= 0.6 is 0 Å². The molecule has 6 atom stereocenters. The molecule has 4 saturated carbocycles. The van der Waals surface area contributed by atoms with E-state index in [1.807, 2.05) is 0 Å². The van der Waals surface area contributed by atoms with E-state index < -0.39 is 0 Å². The molecule has 0 bridgehead atoms. The largest absolute Gasteiger partial charge is 0.0995 e. The first kappa shape index (κ1) is 7.09. The first-order chi connectivity index (χ1) is 6.34. The monoisotopic (exact) mass is 174 g/mol. The Kier molecular flexibility index (Phi) is 1.11. The third-order valence-corrected chi connectivity index (χ3v) is 5.29. The summed E-state index contributed by atoms with van der Waals surface area (Å²) in [6.07, 6.45) is 7.62. The Labute approximate surface area is 80.4 Å². The average Bonchev–Trinajstić information content (AvgIpc) is 2.96. The summed E-state index contributed by atoms with van der Waals surface area (Å²) < 4.78 is 0. The molecule has 0 spiro atoms. The third kappa shape index (κ3) is 0.825. The van der Waals surface area contributed by atoms with Crippen molar-refractivity contribution < 1.29 is 0 Å². The molecule has 13 heavy (non-hydrogen) atoms. The molecule has 0 aromatic rings. The first-order valence-corrected chi connectivity index (χ1v) is 6.02. The molecule has 0 aliphatic heterocycles. The second-order valence-electron chi connectivity index (χ2n) is 5.95. The minimum Gasteiger partial charge on any atom is -0.0995 e. The smallest absolute Gasteiger partial charge is 0.0143 e. The summed E-state index contributed by atoms with van der Waals surface area (Å²) in [5.41, 5.74) is 1.64. The van der Waals surface area contributed by atoms with Gasteiger partial charge in [-0.15, -0.1) is 0 Å². The Morgan fingerprint density at radius 1 is 0.923 bits per heavy atom. The molecule has 4 rings (SSSR count). The zero-order valence-electron chi connectivity index (χ0n) is 8.21. The van der Waals surface area contributed by atoms with E-state index in [4.69, 9.17) is 0 Å². The highest BCUT2D eigenvalue weighted by Gasteiger charge is 2.58. The topological polar surface area (TPSA) is 0 Å². The number of hydrogen-bond acceptors (Lipinski definition) is 0. The van der Waals surface area contributed by atoms with Crippen LogP contribution in [0, 0.1) is 35.5 Å². The fourth-order valence-corrected chi connectivity index (χ4v) is 4.54. The maximum atomic E-state index is 4.31. The van der Waals surface area contributed by atoms with Crippen LogP contribution in [0.3, 0.4) is 0 Å². The van der Waals surface area contributed by atoms with Crippen molar-refractivity contribution in [1.29, 1.82) is 0 Å². The Hall–Kier alpha value is -0.260. The highest BCUT2D eigenvalue weighted by Crippen LogP contribution is 2.67. The lowest BCUT2D eigenvalue weighted by molar-refractivity contribution is 0.325. The van der Waals surface area contributed by atoms with Crippen molar-refractivity contribution in [2.75, 3.05) is 0 Å². The molecule has 0 amide bonds. The van der Waals surface area contributed by atoms with Gasteiger partial charge in [0.15, 0.2) is 0 Å². The summed E-state index contributed by atoms with van der Waals surface area (Å²) in [7, 11) is 0. The van der Waals surface area contributed by atoms with Crippen LogP contribution < -0.4 is 0 Å². The van der Waals surface area contributed by atoms with Gasteiger partial charge < -0.3 is 0 Å². The fraction of sp³-hybridized carbons (Fsp3) is 0.846. The standard InChI is InChI=1S/C13H18/c1-7-4-9-6-12(9)13(7)10-3-2-8-5-11(8)10/h8-13H,1-6H2/t8?,9?,10?,11?,12?,13-/m0/s1. The Morgan fingerprint density at radius 2 is 1.77 bits per heavy atom. The number of fused-ring (bicyclic) bond motifs is 2. The molecule has 5 unspecified atom stereocenters. The summed E-state index contributed by atoms with van der Waals surface area (Å²) in [5.74, 6) is 6.60. The predicted octanol–water partition coefficient (Wildman–Crippen LogP) is 3.24. The second kappa shape index (κ2) is 2.04. The molecule has 0 N–H and O–H groups in total. The lowest BCUT2D eigenvalue weighted by Crippen LogP contribution is -2.16. The zero-order valence-corrected chi connectivity index (χ0v) is 8.21. The summed E-state index contributed by atoms with van der Waals surface area (Å²) in [5, 5.41) is 0. The molecule has 0 nitrogen and oxygen atoms in total. The molecule has 0 saturated heterocycles. The van der Waals surface area contributed by atoms with Gasteiger partial charge in [0.2, 0.25) is 0 Å². The van der Waals surface area contributed by atoms with Crippen LogP contribution in [0.2, 0.25) is 0 Å². The zero-order chi connectivity index (χ0) is 8.58. The summed E-state index contributed by atoms with van der Waals surface area (Å²) in [4.78, 5) is 0. The van der Waals surface area contributed by atoms with E-state index in [0.29, 0.717) is 0 Å². The van der Waals surface area contributed by atoms with Gasteiger partial charge in [-0.05, 0) is 67.6 Å². The van der Waals surface area contributed by atoms with Gasteiger partial charge in [0.05, 0.1) is 0 Å². The van der Waals surface area contributed by atoms with Crippen LogP contribution in [-0.2, 0) is 0 Å². The maximum absolute atomic E-state index is 4.31. The van der Waals surface area contributed by atoms with E-state index in [0.717, 1.165) is 35.5 Å². The van der Waals surface area contributed by atoms with E-state index in [-0.39, 0.29) is 0 Å². The lowest BCUT2D eigenvalue weighted by atomic mass is 9.82.